The Hall–Kier alpha value is -1.95. The van der Waals surface area contributed by atoms with Gasteiger partial charge in [0.05, 0.1) is 16.8 Å². The summed E-state index contributed by atoms with van der Waals surface area (Å²) >= 11 is 1.56. The van der Waals surface area contributed by atoms with Gasteiger partial charge in [0.25, 0.3) is 0 Å². The molecule has 2 aromatic rings. The fourth-order valence-electron chi connectivity index (χ4n) is 2.32. The van der Waals surface area contributed by atoms with E-state index in [1.165, 1.54) is 0 Å². The van der Waals surface area contributed by atoms with Gasteiger partial charge in [-0.15, -0.1) is 11.3 Å². The number of amides is 2. The van der Waals surface area contributed by atoms with E-state index in [4.69, 9.17) is 0 Å². The zero-order valence-corrected chi connectivity index (χ0v) is 12.1. The number of piperazine rings is 1. The third-order valence-electron chi connectivity index (χ3n) is 3.50. The summed E-state index contributed by atoms with van der Waals surface area (Å²) in [5, 5.41) is 3.53. The minimum absolute atomic E-state index is 0.0589. The minimum atomic E-state index is -0.465. The van der Waals surface area contributed by atoms with Gasteiger partial charge in [-0.25, -0.2) is 4.98 Å². The molecule has 2 unspecified atom stereocenters. The molecule has 2 heterocycles. The van der Waals surface area contributed by atoms with Gasteiger partial charge >= 0.3 is 0 Å². The summed E-state index contributed by atoms with van der Waals surface area (Å²) in [6.45, 7) is 3.83. The molecule has 6 heteroatoms. The van der Waals surface area contributed by atoms with Crippen LogP contribution in [0.25, 0.3) is 10.2 Å². The Labute approximate surface area is 120 Å². The van der Waals surface area contributed by atoms with Crippen LogP contribution in [0.3, 0.4) is 0 Å². The summed E-state index contributed by atoms with van der Waals surface area (Å²) < 4.78 is 1.09. The van der Waals surface area contributed by atoms with Crippen LogP contribution in [-0.4, -0.2) is 33.8 Å². The first-order valence-electron chi connectivity index (χ1n) is 6.51. The van der Waals surface area contributed by atoms with E-state index in [0.717, 1.165) is 15.2 Å². The molecule has 1 fully saturated rings. The zero-order chi connectivity index (χ0) is 14.3. The number of nitrogens with zero attached hydrogens (tertiary/aromatic N) is 2. The first-order valence-corrected chi connectivity index (χ1v) is 7.33. The van der Waals surface area contributed by atoms with E-state index < -0.39 is 12.1 Å². The predicted molar refractivity (Wildman–Crippen MR) is 77.2 cm³/mol. The summed E-state index contributed by atoms with van der Waals surface area (Å²) in [7, 11) is 0. The highest BCUT2D eigenvalue weighted by Gasteiger charge is 2.36. The number of rotatable bonds is 2. The fourth-order valence-corrected chi connectivity index (χ4v) is 3.29. The van der Waals surface area contributed by atoms with Gasteiger partial charge in [-0.1, -0.05) is 12.1 Å². The van der Waals surface area contributed by atoms with Crippen molar-refractivity contribution >= 4 is 33.4 Å². The second-order valence-corrected chi connectivity index (χ2v) is 6.06. The SMILES string of the molecule is CC1NC(=O)C(C)N(Cc2nc3ccccc3s2)C1=O. The molecule has 0 aliphatic carbocycles. The van der Waals surface area contributed by atoms with Crippen LogP contribution in [0.15, 0.2) is 24.3 Å². The smallest absolute Gasteiger partial charge is 0.245 e. The Bertz CT molecular complexity index is 649. The molecule has 1 aliphatic heterocycles. The van der Waals surface area contributed by atoms with Crippen molar-refractivity contribution in [3.05, 3.63) is 29.3 Å². The number of fused-ring (bicyclic) bond motifs is 1. The van der Waals surface area contributed by atoms with E-state index in [1.54, 1.807) is 30.1 Å². The molecule has 5 nitrogen and oxygen atoms in total. The number of hydrogen-bond acceptors (Lipinski definition) is 4. The molecule has 20 heavy (non-hydrogen) atoms. The number of aromatic nitrogens is 1. The number of hydrogen-bond donors (Lipinski definition) is 1. The molecular weight excluding hydrogens is 274 g/mol. The second kappa shape index (κ2) is 4.86. The molecule has 0 saturated carbocycles. The van der Waals surface area contributed by atoms with Gasteiger partial charge in [0, 0.05) is 0 Å². The lowest BCUT2D eigenvalue weighted by molar-refractivity contribution is -0.148. The van der Waals surface area contributed by atoms with E-state index in [9.17, 15) is 9.59 Å². The molecule has 104 valence electrons. The van der Waals surface area contributed by atoms with Crippen LogP contribution in [0.5, 0.6) is 0 Å². The van der Waals surface area contributed by atoms with Crippen molar-refractivity contribution in [2.24, 2.45) is 0 Å². The van der Waals surface area contributed by atoms with Crippen molar-refractivity contribution in [1.82, 2.24) is 15.2 Å². The first-order chi connectivity index (χ1) is 9.56. The van der Waals surface area contributed by atoms with Gasteiger partial charge in [-0.05, 0) is 26.0 Å². The van der Waals surface area contributed by atoms with Crippen molar-refractivity contribution in [2.75, 3.05) is 0 Å². The maximum atomic E-state index is 12.2. The molecule has 2 amide bonds. The van der Waals surface area contributed by atoms with Crippen LogP contribution in [0, 0.1) is 0 Å². The van der Waals surface area contributed by atoms with Crippen molar-refractivity contribution in [2.45, 2.75) is 32.5 Å². The monoisotopic (exact) mass is 289 g/mol. The molecule has 1 N–H and O–H groups in total. The van der Waals surface area contributed by atoms with E-state index in [2.05, 4.69) is 10.3 Å². The first kappa shape index (κ1) is 13.1. The maximum Gasteiger partial charge on any atom is 0.245 e. The summed E-state index contributed by atoms with van der Waals surface area (Å²) in [6, 6.07) is 6.95. The lowest BCUT2D eigenvalue weighted by Crippen LogP contribution is -2.60. The Morgan fingerprint density at radius 2 is 2.05 bits per heavy atom. The molecule has 1 aromatic carbocycles. The zero-order valence-electron chi connectivity index (χ0n) is 11.3. The Kier molecular flexibility index (Phi) is 3.17. The van der Waals surface area contributed by atoms with Gasteiger partial charge < -0.3 is 10.2 Å². The van der Waals surface area contributed by atoms with Crippen LogP contribution in [0.1, 0.15) is 18.9 Å². The Balaban J connectivity index is 1.88. The third kappa shape index (κ3) is 2.16. The largest absolute Gasteiger partial charge is 0.343 e. The Morgan fingerprint density at radius 3 is 2.80 bits per heavy atom. The van der Waals surface area contributed by atoms with Gasteiger partial charge in [0.2, 0.25) is 11.8 Å². The third-order valence-corrected chi connectivity index (χ3v) is 4.52. The van der Waals surface area contributed by atoms with Gasteiger partial charge in [-0.3, -0.25) is 9.59 Å². The predicted octanol–water partition coefficient (Wildman–Crippen LogP) is 1.53. The van der Waals surface area contributed by atoms with Crippen LogP contribution in [0.2, 0.25) is 0 Å². The maximum absolute atomic E-state index is 12.2. The quantitative estimate of drug-likeness (QED) is 0.912. The molecular formula is C14H15N3O2S. The van der Waals surface area contributed by atoms with Gasteiger partial charge in [0.1, 0.15) is 17.1 Å². The van der Waals surface area contributed by atoms with E-state index >= 15 is 0 Å². The van der Waals surface area contributed by atoms with Crippen LogP contribution in [-0.2, 0) is 16.1 Å². The van der Waals surface area contributed by atoms with Crippen molar-refractivity contribution in [3.8, 4) is 0 Å². The number of para-hydroxylation sites is 1. The molecule has 3 rings (SSSR count). The average molecular weight is 289 g/mol. The van der Waals surface area contributed by atoms with Gasteiger partial charge in [-0.2, -0.15) is 0 Å². The standard InChI is InChI=1S/C14H15N3O2S/c1-8-14(19)17(9(2)13(18)15-8)7-12-16-10-5-3-4-6-11(10)20-12/h3-6,8-9H,7H2,1-2H3,(H,15,18). The molecule has 1 aliphatic rings. The summed E-state index contributed by atoms with van der Waals surface area (Å²) in [4.78, 5) is 30.1. The van der Waals surface area contributed by atoms with E-state index in [1.807, 2.05) is 24.3 Å². The van der Waals surface area contributed by atoms with Crippen LogP contribution < -0.4 is 5.32 Å². The number of carbonyl (C=O) groups excluding carboxylic acids is 2. The Morgan fingerprint density at radius 1 is 1.30 bits per heavy atom. The lowest BCUT2D eigenvalue weighted by Gasteiger charge is -2.35. The number of nitrogens with one attached hydrogen (secondary N) is 1. The second-order valence-electron chi connectivity index (χ2n) is 4.95. The average Bonchev–Trinajstić information content (AvgIpc) is 2.84. The molecule has 1 saturated heterocycles. The van der Waals surface area contributed by atoms with Gasteiger partial charge in [0.15, 0.2) is 0 Å². The molecule has 0 radical (unpaired) electrons. The number of carbonyl (C=O) groups is 2. The lowest BCUT2D eigenvalue weighted by atomic mass is 10.1. The van der Waals surface area contributed by atoms with Crippen LogP contribution >= 0.6 is 11.3 Å². The highest BCUT2D eigenvalue weighted by Crippen LogP contribution is 2.24. The minimum Gasteiger partial charge on any atom is -0.343 e. The number of benzene rings is 1. The van der Waals surface area contributed by atoms with Crippen molar-refractivity contribution in [1.29, 1.82) is 0 Å². The van der Waals surface area contributed by atoms with Crippen molar-refractivity contribution < 1.29 is 9.59 Å². The fraction of sp³-hybridized carbons (Fsp3) is 0.357. The highest BCUT2D eigenvalue weighted by atomic mass is 32.1. The highest BCUT2D eigenvalue weighted by molar-refractivity contribution is 7.18. The molecule has 0 spiro atoms. The summed E-state index contributed by atoms with van der Waals surface area (Å²) in [6.07, 6.45) is 0. The van der Waals surface area contributed by atoms with Crippen LogP contribution in [0.4, 0.5) is 0 Å². The normalized spacial score (nSPS) is 23.2. The topological polar surface area (TPSA) is 62.3 Å². The van der Waals surface area contributed by atoms with E-state index in [-0.39, 0.29) is 11.8 Å². The number of thiazole rings is 1. The summed E-state index contributed by atoms with van der Waals surface area (Å²) in [5.41, 5.74) is 0.933. The summed E-state index contributed by atoms with van der Waals surface area (Å²) in [5.74, 6) is -0.172. The molecule has 2 atom stereocenters. The molecule has 1 aromatic heterocycles. The van der Waals surface area contributed by atoms with E-state index in [0.29, 0.717) is 6.54 Å². The van der Waals surface area contributed by atoms with Crippen molar-refractivity contribution in [3.63, 3.8) is 0 Å². The molecule has 0 bridgehead atoms.